The highest BCUT2D eigenvalue weighted by molar-refractivity contribution is 6.10. The smallest absolute Gasteiger partial charge is 0.360 e. The van der Waals surface area contributed by atoms with Crippen LogP contribution in [0.25, 0.3) is 16.4 Å². The number of morpholine rings is 1. The minimum atomic E-state index is -0.530. The van der Waals surface area contributed by atoms with Crippen LogP contribution in [0.5, 0.6) is 5.75 Å². The van der Waals surface area contributed by atoms with E-state index in [-0.39, 0.29) is 5.69 Å². The Balaban J connectivity index is 1.74. The first-order chi connectivity index (χ1) is 15.3. The maximum absolute atomic E-state index is 12.8. The Labute approximate surface area is 179 Å². The number of pyridine rings is 1. The monoisotopic (exact) mass is 418 g/mol. The quantitative estimate of drug-likeness (QED) is 0.461. The van der Waals surface area contributed by atoms with Crippen molar-refractivity contribution in [1.82, 2.24) is 14.6 Å². The van der Waals surface area contributed by atoms with Crippen molar-refractivity contribution in [3.05, 3.63) is 66.1 Å². The average Bonchev–Trinajstić information content (AvgIpc) is 3.32. The number of anilines is 1. The van der Waals surface area contributed by atoms with Gasteiger partial charge < -0.3 is 19.1 Å². The molecule has 1 saturated heterocycles. The summed E-state index contributed by atoms with van der Waals surface area (Å²) >= 11 is 0. The minimum absolute atomic E-state index is 0.220. The lowest BCUT2D eigenvalue weighted by molar-refractivity contribution is 0.0585. The van der Waals surface area contributed by atoms with Crippen LogP contribution in [0.4, 0.5) is 5.69 Å². The van der Waals surface area contributed by atoms with Gasteiger partial charge in [0.05, 0.1) is 25.7 Å². The van der Waals surface area contributed by atoms with Crippen molar-refractivity contribution >= 4 is 28.1 Å². The molecule has 8 heteroatoms. The predicted octanol–water partition coefficient (Wildman–Crippen LogP) is 3.08. The van der Waals surface area contributed by atoms with Crippen LogP contribution in [-0.2, 0) is 16.1 Å². The summed E-state index contributed by atoms with van der Waals surface area (Å²) in [6, 6.07) is 15.8. The molecule has 0 spiro atoms. The number of methoxy groups -OCH3 is 1. The fourth-order valence-corrected chi connectivity index (χ4v) is 3.98. The molecule has 0 bridgehead atoms. The molecule has 8 nitrogen and oxygen atoms in total. The Kier molecular flexibility index (Phi) is 5.13. The first-order valence-electron chi connectivity index (χ1n) is 10.1. The second kappa shape index (κ2) is 8.23. The Bertz CT molecular complexity index is 1230. The summed E-state index contributed by atoms with van der Waals surface area (Å²) in [4.78, 5) is 19.5. The summed E-state index contributed by atoms with van der Waals surface area (Å²) in [5, 5.41) is 6.00. The van der Waals surface area contributed by atoms with E-state index in [0.29, 0.717) is 31.2 Å². The third-order valence-electron chi connectivity index (χ3n) is 5.44. The van der Waals surface area contributed by atoms with Gasteiger partial charge in [-0.2, -0.15) is 5.10 Å². The fraction of sp³-hybridized carbons (Fsp3) is 0.261. The molecule has 0 unspecified atom stereocenters. The van der Waals surface area contributed by atoms with Crippen LogP contribution in [-0.4, -0.2) is 54.0 Å². The van der Waals surface area contributed by atoms with E-state index in [0.717, 1.165) is 35.1 Å². The largest absolute Gasteiger partial charge is 0.486 e. The molecule has 31 heavy (non-hydrogen) atoms. The molecule has 158 valence electrons. The van der Waals surface area contributed by atoms with E-state index in [4.69, 9.17) is 14.2 Å². The number of rotatable bonds is 5. The van der Waals surface area contributed by atoms with Gasteiger partial charge in [0, 0.05) is 24.2 Å². The fourth-order valence-electron chi connectivity index (χ4n) is 3.98. The Morgan fingerprint density at radius 1 is 1.10 bits per heavy atom. The van der Waals surface area contributed by atoms with Gasteiger partial charge in [0.15, 0.2) is 17.1 Å². The lowest BCUT2D eigenvalue weighted by atomic mass is 10.1. The number of carbonyl (C=O) groups is 1. The highest BCUT2D eigenvalue weighted by Gasteiger charge is 2.26. The van der Waals surface area contributed by atoms with Crippen LogP contribution in [0.2, 0.25) is 0 Å². The first-order valence-corrected chi connectivity index (χ1v) is 10.1. The third-order valence-corrected chi connectivity index (χ3v) is 5.44. The molecule has 0 aliphatic carbocycles. The number of carbonyl (C=O) groups excluding carboxylic acids is 1. The molecule has 2 aromatic carbocycles. The van der Waals surface area contributed by atoms with E-state index in [2.05, 4.69) is 21.0 Å². The third kappa shape index (κ3) is 3.44. The van der Waals surface area contributed by atoms with Gasteiger partial charge in [-0.3, -0.25) is 0 Å². The number of aromatic nitrogens is 3. The maximum Gasteiger partial charge on any atom is 0.360 e. The molecule has 0 radical (unpaired) electrons. The number of esters is 1. The number of nitrogens with zero attached hydrogens (tertiary/aromatic N) is 4. The summed E-state index contributed by atoms with van der Waals surface area (Å²) in [7, 11) is 1.35. The summed E-state index contributed by atoms with van der Waals surface area (Å²) in [6.45, 7) is 3.19. The molecular formula is C23H22N4O4. The van der Waals surface area contributed by atoms with E-state index in [1.54, 1.807) is 0 Å². The number of benzene rings is 2. The van der Waals surface area contributed by atoms with E-state index < -0.39 is 5.97 Å². The maximum atomic E-state index is 12.8. The van der Waals surface area contributed by atoms with Crippen molar-refractivity contribution in [2.24, 2.45) is 0 Å². The molecule has 3 heterocycles. The van der Waals surface area contributed by atoms with Crippen LogP contribution >= 0.6 is 0 Å². The van der Waals surface area contributed by atoms with E-state index >= 15 is 0 Å². The van der Waals surface area contributed by atoms with Gasteiger partial charge in [-0.15, -0.1) is 0 Å². The molecule has 4 aromatic rings. The average molecular weight is 418 g/mol. The van der Waals surface area contributed by atoms with Gasteiger partial charge in [-0.05, 0) is 11.6 Å². The van der Waals surface area contributed by atoms with Crippen molar-refractivity contribution in [2.75, 3.05) is 38.3 Å². The highest BCUT2D eigenvalue weighted by atomic mass is 16.5. The van der Waals surface area contributed by atoms with Crippen LogP contribution in [0.15, 0.2) is 54.9 Å². The van der Waals surface area contributed by atoms with E-state index in [1.807, 2.05) is 42.5 Å². The van der Waals surface area contributed by atoms with Gasteiger partial charge >= 0.3 is 5.97 Å². The van der Waals surface area contributed by atoms with Crippen LogP contribution in [0.1, 0.15) is 16.1 Å². The van der Waals surface area contributed by atoms with Crippen molar-refractivity contribution < 1.29 is 19.0 Å². The topological polar surface area (TPSA) is 78.2 Å². The summed E-state index contributed by atoms with van der Waals surface area (Å²) in [5.41, 5.74) is 2.82. The van der Waals surface area contributed by atoms with Gasteiger partial charge in [0.2, 0.25) is 0 Å². The molecule has 0 N–H and O–H groups in total. The molecular weight excluding hydrogens is 396 g/mol. The molecule has 2 aromatic heterocycles. The lowest BCUT2D eigenvalue weighted by Gasteiger charge is -2.30. The molecule has 1 aliphatic rings. The normalized spacial score (nSPS) is 14.2. The Hall–Kier alpha value is -3.65. The second-order valence-electron chi connectivity index (χ2n) is 7.24. The number of fused-ring (bicyclic) bond motifs is 3. The molecule has 0 amide bonds. The first kappa shape index (κ1) is 19.3. The van der Waals surface area contributed by atoms with Gasteiger partial charge in [0.25, 0.3) is 0 Å². The Morgan fingerprint density at radius 2 is 1.90 bits per heavy atom. The molecule has 1 aliphatic heterocycles. The molecule has 5 rings (SSSR count). The lowest BCUT2D eigenvalue weighted by Crippen LogP contribution is -2.36. The van der Waals surface area contributed by atoms with Crippen LogP contribution in [0, 0.1) is 0 Å². The number of hydrogen-bond acceptors (Lipinski definition) is 7. The summed E-state index contributed by atoms with van der Waals surface area (Å²) in [6.07, 6.45) is 1.44. The molecule has 1 fully saturated rings. The second-order valence-corrected chi connectivity index (χ2v) is 7.24. The zero-order chi connectivity index (χ0) is 21.2. The van der Waals surface area contributed by atoms with Crippen molar-refractivity contribution in [1.29, 1.82) is 0 Å². The van der Waals surface area contributed by atoms with Crippen molar-refractivity contribution in [3.63, 3.8) is 0 Å². The summed E-state index contributed by atoms with van der Waals surface area (Å²) in [5.74, 6) is -0.101. The van der Waals surface area contributed by atoms with Crippen molar-refractivity contribution in [2.45, 2.75) is 6.61 Å². The van der Waals surface area contributed by atoms with Gasteiger partial charge in [-0.1, -0.05) is 42.5 Å². The van der Waals surface area contributed by atoms with E-state index in [9.17, 15) is 4.79 Å². The minimum Gasteiger partial charge on any atom is -0.486 e. The van der Waals surface area contributed by atoms with Crippen LogP contribution < -0.4 is 9.64 Å². The predicted molar refractivity (Wildman–Crippen MR) is 116 cm³/mol. The Morgan fingerprint density at radius 3 is 2.68 bits per heavy atom. The zero-order valence-electron chi connectivity index (χ0n) is 17.2. The molecule has 0 saturated carbocycles. The summed E-state index contributed by atoms with van der Waals surface area (Å²) < 4.78 is 18.3. The SMILES string of the molecule is COC(=O)c1c(OCc2ccccc2)c2cccc(N3CCOCC3)c2c2ncnn12. The standard InChI is InChI=1S/C23H22N4O4/c1-29-23(28)20-21(31-14-16-6-3-2-4-7-16)17-8-5-9-18(26-10-12-30-13-11-26)19(17)22-24-15-25-27(20)22/h2-9,15H,10-14H2,1H3. The number of ether oxygens (including phenoxy) is 3. The zero-order valence-corrected chi connectivity index (χ0v) is 17.2. The highest BCUT2D eigenvalue weighted by Crippen LogP contribution is 2.38. The van der Waals surface area contributed by atoms with E-state index in [1.165, 1.54) is 18.0 Å². The molecule has 0 atom stereocenters. The van der Waals surface area contributed by atoms with Gasteiger partial charge in [0.1, 0.15) is 12.9 Å². The number of hydrogen-bond donors (Lipinski definition) is 0. The van der Waals surface area contributed by atoms with Crippen molar-refractivity contribution in [3.8, 4) is 5.75 Å². The van der Waals surface area contributed by atoms with Crippen LogP contribution in [0.3, 0.4) is 0 Å². The van der Waals surface area contributed by atoms with Gasteiger partial charge in [-0.25, -0.2) is 14.3 Å².